The summed E-state index contributed by atoms with van der Waals surface area (Å²) >= 11 is 3.19. The number of aromatic nitrogens is 1. The standard InChI is InChI=1S/C10H10N2O2S2/c11-3-6-4-16-10(12-6)9-8-7(5-15-9)13-1-2-14-8/h4-5H,1-3,11H2. The number of hydrogen-bond acceptors (Lipinski definition) is 6. The zero-order valence-corrected chi connectivity index (χ0v) is 10.1. The highest BCUT2D eigenvalue weighted by Crippen LogP contribution is 2.46. The summed E-state index contributed by atoms with van der Waals surface area (Å²) in [6.07, 6.45) is 0. The number of rotatable bonds is 2. The van der Waals surface area contributed by atoms with Crippen molar-refractivity contribution in [1.29, 1.82) is 0 Å². The Labute approximate surface area is 101 Å². The Hall–Kier alpha value is -1.11. The molecule has 0 atom stereocenters. The second-order valence-corrected chi connectivity index (χ2v) is 5.04. The van der Waals surface area contributed by atoms with E-state index in [0.717, 1.165) is 27.1 Å². The minimum atomic E-state index is 0.474. The molecule has 16 heavy (non-hydrogen) atoms. The van der Waals surface area contributed by atoms with Crippen LogP contribution in [-0.4, -0.2) is 18.2 Å². The molecule has 2 N–H and O–H groups in total. The topological polar surface area (TPSA) is 57.4 Å². The molecule has 6 heteroatoms. The van der Waals surface area contributed by atoms with Gasteiger partial charge in [0.05, 0.1) is 5.69 Å². The van der Waals surface area contributed by atoms with Gasteiger partial charge in [0.1, 0.15) is 23.1 Å². The third kappa shape index (κ3) is 1.59. The molecule has 3 heterocycles. The summed E-state index contributed by atoms with van der Waals surface area (Å²) in [4.78, 5) is 5.49. The first-order valence-electron chi connectivity index (χ1n) is 4.90. The van der Waals surface area contributed by atoms with Crippen LogP contribution in [0.1, 0.15) is 5.69 Å². The van der Waals surface area contributed by atoms with Crippen LogP contribution in [0.25, 0.3) is 9.88 Å². The predicted octanol–water partition coefficient (Wildman–Crippen LogP) is 2.10. The first-order chi connectivity index (χ1) is 7.88. The lowest BCUT2D eigenvalue weighted by atomic mass is 10.4. The molecule has 2 aromatic rings. The molecule has 1 aliphatic rings. The molecule has 0 unspecified atom stereocenters. The summed E-state index contributed by atoms with van der Waals surface area (Å²) in [6, 6.07) is 0. The van der Waals surface area contributed by atoms with Crippen LogP contribution in [0.15, 0.2) is 10.8 Å². The molecule has 0 radical (unpaired) electrons. The highest BCUT2D eigenvalue weighted by Gasteiger charge is 2.21. The van der Waals surface area contributed by atoms with Crippen molar-refractivity contribution in [2.45, 2.75) is 6.54 Å². The van der Waals surface area contributed by atoms with Crippen molar-refractivity contribution in [1.82, 2.24) is 4.98 Å². The highest BCUT2D eigenvalue weighted by molar-refractivity contribution is 7.20. The van der Waals surface area contributed by atoms with Crippen LogP contribution in [0.5, 0.6) is 11.5 Å². The summed E-state index contributed by atoms with van der Waals surface area (Å²) in [5.74, 6) is 1.66. The maximum atomic E-state index is 5.61. The quantitative estimate of drug-likeness (QED) is 0.891. The van der Waals surface area contributed by atoms with Crippen LogP contribution in [0.2, 0.25) is 0 Å². The van der Waals surface area contributed by atoms with Gasteiger partial charge in [0.25, 0.3) is 0 Å². The minimum Gasteiger partial charge on any atom is -0.485 e. The normalized spacial score (nSPS) is 14.1. The van der Waals surface area contributed by atoms with Crippen LogP contribution in [0.4, 0.5) is 0 Å². The fourth-order valence-electron chi connectivity index (χ4n) is 1.52. The third-order valence-electron chi connectivity index (χ3n) is 2.26. The van der Waals surface area contributed by atoms with Crippen molar-refractivity contribution in [3.05, 3.63) is 16.5 Å². The first kappa shape index (κ1) is 10.1. The van der Waals surface area contributed by atoms with Crippen molar-refractivity contribution in [2.75, 3.05) is 13.2 Å². The van der Waals surface area contributed by atoms with Crippen molar-refractivity contribution >= 4 is 22.7 Å². The molecule has 0 saturated heterocycles. The van der Waals surface area contributed by atoms with Crippen molar-refractivity contribution in [3.63, 3.8) is 0 Å². The largest absolute Gasteiger partial charge is 0.485 e. The van der Waals surface area contributed by atoms with Gasteiger partial charge < -0.3 is 15.2 Å². The summed E-state index contributed by atoms with van der Waals surface area (Å²) in [5.41, 5.74) is 6.46. The number of nitrogens with two attached hydrogens (primary N) is 1. The minimum absolute atomic E-state index is 0.474. The zero-order valence-electron chi connectivity index (χ0n) is 8.43. The maximum Gasteiger partial charge on any atom is 0.182 e. The van der Waals surface area contributed by atoms with E-state index in [1.807, 2.05) is 10.8 Å². The predicted molar refractivity (Wildman–Crippen MR) is 64.3 cm³/mol. The molecule has 0 bridgehead atoms. The van der Waals surface area contributed by atoms with E-state index in [4.69, 9.17) is 15.2 Å². The van der Waals surface area contributed by atoms with Crippen molar-refractivity contribution in [2.24, 2.45) is 5.73 Å². The molecule has 0 fully saturated rings. The van der Waals surface area contributed by atoms with Crippen molar-refractivity contribution in [3.8, 4) is 21.4 Å². The fraction of sp³-hybridized carbons (Fsp3) is 0.300. The van der Waals surface area contributed by atoms with Gasteiger partial charge in [0.15, 0.2) is 11.5 Å². The molecule has 2 aromatic heterocycles. The van der Waals surface area contributed by atoms with Gasteiger partial charge in [0, 0.05) is 17.3 Å². The van der Waals surface area contributed by atoms with E-state index in [9.17, 15) is 0 Å². The van der Waals surface area contributed by atoms with Crippen LogP contribution in [-0.2, 0) is 6.54 Å². The lowest BCUT2D eigenvalue weighted by Gasteiger charge is -2.15. The fourth-order valence-corrected chi connectivity index (χ4v) is 3.38. The summed E-state index contributed by atoms with van der Waals surface area (Å²) in [7, 11) is 0. The molecule has 4 nitrogen and oxygen atoms in total. The first-order valence-corrected chi connectivity index (χ1v) is 6.66. The van der Waals surface area contributed by atoms with E-state index >= 15 is 0 Å². The number of hydrogen-bond donors (Lipinski definition) is 1. The van der Waals surface area contributed by atoms with Crippen molar-refractivity contribution < 1.29 is 9.47 Å². The van der Waals surface area contributed by atoms with Gasteiger partial charge in [0.2, 0.25) is 0 Å². The molecular weight excluding hydrogens is 244 g/mol. The maximum absolute atomic E-state index is 5.61. The van der Waals surface area contributed by atoms with E-state index < -0.39 is 0 Å². The summed E-state index contributed by atoms with van der Waals surface area (Å²) < 4.78 is 11.1. The highest BCUT2D eigenvalue weighted by atomic mass is 32.1. The van der Waals surface area contributed by atoms with Crippen LogP contribution in [0, 0.1) is 0 Å². The van der Waals surface area contributed by atoms with Gasteiger partial charge >= 0.3 is 0 Å². The third-order valence-corrected chi connectivity index (χ3v) is 4.24. The summed E-state index contributed by atoms with van der Waals surface area (Å²) in [6.45, 7) is 1.70. The second kappa shape index (κ2) is 4.04. The number of thiophene rings is 1. The molecule has 1 aliphatic heterocycles. The van der Waals surface area contributed by atoms with Crippen LogP contribution < -0.4 is 15.2 Å². The Bertz CT molecular complexity index is 507. The molecule has 0 amide bonds. The number of ether oxygens (including phenoxy) is 2. The Balaban J connectivity index is 2.02. The Morgan fingerprint density at radius 2 is 2.12 bits per heavy atom. The molecule has 0 aromatic carbocycles. The monoisotopic (exact) mass is 254 g/mol. The molecule has 0 saturated carbocycles. The number of thiazole rings is 1. The second-order valence-electron chi connectivity index (χ2n) is 3.30. The van der Waals surface area contributed by atoms with Gasteiger partial charge in [-0.1, -0.05) is 0 Å². The average Bonchev–Trinajstić information content (AvgIpc) is 2.94. The Morgan fingerprint density at radius 1 is 1.25 bits per heavy atom. The molecule has 3 rings (SSSR count). The lowest BCUT2D eigenvalue weighted by molar-refractivity contribution is 0.174. The SMILES string of the molecule is NCc1csc(-c2scc3c2OCCO3)n1. The average molecular weight is 254 g/mol. The van der Waals surface area contributed by atoms with Crippen LogP contribution >= 0.6 is 22.7 Å². The molecule has 0 spiro atoms. The van der Waals surface area contributed by atoms with Crippen LogP contribution in [0.3, 0.4) is 0 Å². The molecule has 0 aliphatic carbocycles. The smallest absolute Gasteiger partial charge is 0.182 e. The summed E-state index contributed by atoms with van der Waals surface area (Å²) in [5, 5.41) is 4.90. The van der Waals surface area contributed by atoms with Gasteiger partial charge in [-0.05, 0) is 0 Å². The van der Waals surface area contributed by atoms with E-state index in [-0.39, 0.29) is 0 Å². The van der Waals surface area contributed by atoms with E-state index in [2.05, 4.69) is 4.98 Å². The molecular formula is C10H10N2O2S2. The van der Waals surface area contributed by atoms with E-state index in [0.29, 0.717) is 19.8 Å². The number of fused-ring (bicyclic) bond motifs is 1. The van der Waals surface area contributed by atoms with E-state index in [1.165, 1.54) is 0 Å². The molecule has 84 valence electrons. The van der Waals surface area contributed by atoms with Gasteiger partial charge in [-0.3, -0.25) is 0 Å². The zero-order chi connectivity index (χ0) is 11.0. The van der Waals surface area contributed by atoms with E-state index in [1.54, 1.807) is 22.7 Å². The Kier molecular flexibility index (Phi) is 2.55. The van der Waals surface area contributed by atoms with Gasteiger partial charge in [-0.2, -0.15) is 0 Å². The Morgan fingerprint density at radius 3 is 2.94 bits per heavy atom. The van der Waals surface area contributed by atoms with Gasteiger partial charge in [-0.25, -0.2) is 4.98 Å². The van der Waals surface area contributed by atoms with Gasteiger partial charge in [-0.15, -0.1) is 22.7 Å². The number of nitrogens with zero attached hydrogens (tertiary/aromatic N) is 1. The lowest BCUT2D eigenvalue weighted by Crippen LogP contribution is -2.14.